The van der Waals surface area contributed by atoms with Gasteiger partial charge in [-0.15, -0.1) is 13.2 Å². The SMILES string of the molecule is CC(C)c1ccccc1NC(=O)C1CCN(S(=O)(=O)c2cccc(OC(F)(F)F)c2)CC1. The number of carbonyl (C=O) groups excluding carboxylic acids is 1. The van der Waals surface area contributed by atoms with Gasteiger partial charge in [0.25, 0.3) is 0 Å². The number of amides is 1. The Morgan fingerprint density at radius 1 is 1.09 bits per heavy atom. The highest BCUT2D eigenvalue weighted by Gasteiger charge is 2.34. The molecule has 3 rings (SSSR count). The van der Waals surface area contributed by atoms with Crippen LogP contribution < -0.4 is 10.1 Å². The normalized spacial score (nSPS) is 16.2. The van der Waals surface area contributed by atoms with Crippen LogP contribution in [0.25, 0.3) is 0 Å². The molecule has 0 radical (unpaired) electrons. The summed E-state index contributed by atoms with van der Waals surface area (Å²) in [6.07, 6.45) is -4.29. The first-order chi connectivity index (χ1) is 15.0. The van der Waals surface area contributed by atoms with E-state index in [2.05, 4.69) is 10.1 Å². The van der Waals surface area contributed by atoms with Crippen molar-refractivity contribution in [1.82, 2.24) is 4.31 Å². The smallest absolute Gasteiger partial charge is 0.406 e. The van der Waals surface area contributed by atoms with E-state index in [4.69, 9.17) is 0 Å². The second kappa shape index (κ2) is 9.50. The average Bonchev–Trinajstić information content (AvgIpc) is 2.73. The zero-order valence-corrected chi connectivity index (χ0v) is 18.5. The van der Waals surface area contributed by atoms with E-state index in [1.165, 1.54) is 16.4 Å². The number of para-hydroxylation sites is 1. The molecule has 1 amide bonds. The van der Waals surface area contributed by atoms with Gasteiger partial charge in [-0.25, -0.2) is 8.42 Å². The molecule has 1 N–H and O–H groups in total. The Labute approximate surface area is 185 Å². The maximum Gasteiger partial charge on any atom is 0.573 e. The number of nitrogens with zero attached hydrogens (tertiary/aromatic N) is 1. The van der Waals surface area contributed by atoms with Crippen molar-refractivity contribution in [1.29, 1.82) is 0 Å². The first-order valence-corrected chi connectivity index (χ1v) is 11.7. The highest BCUT2D eigenvalue weighted by atomic mass is 32.2. The van der Waals surface area contributed by atoms with Crippen LogP contribution in [0.2, 0.25) is 0 Å². The van der Waals surface area contributed by atoms with Gasteiger partial charge in [0.15, 0.2) is 0 Å². The number of halogens is 3. The third-order valence-corrected chi connectivity index (χ3v) is 7.24. The van der Waals surface area contributed by atoms with Crippen molar-refractivity contribution in [3.63, 3.8) is 0 Å². The predicted molar refractivity (Wildman–Crippen MR) is 114 cm³/mol. The summed E-state index contributed by atoms with van der Waals surface area (Å²) in [5, 5.41) is 2.95. The lowest BCUT2D eigenvalue weighted by molar-refractivity contribution is -0.274. The molecule has 10 heteroatoms. The van der Waals surface area contributed by atoms with Gasteiger partial charge < -0.3 is 10.1 Å². The maximum absolute atomic E-state index is 12.9. The van der Waals surface area contributed by atoms with Crippen molar-refractivity contribution in [3.8, 4) is 5.75 Å². The Hall–Kier alpha value is -2.59. The van der Waals surface area contributed by atoms with Crippen LogP contribution in [-0.4, -0.2) is 38.1 Å². The van der Waals surface area contributed by atoms with Crippen LogP contribution in [0.3, 0.4) is 0 Å². The molecule has 2 aromatic carbocycles. The van der Waals surface area contributed by atoms with Gasteiger partial charge in [-0.1, -0.05) is 38.1 Å². The molecule has 0 unspecified atom stereocenters. The van der Waals surface area contributed by atoms with E-state index < -0.39 is 22.1 Å². The summed E-state index contributed by atoms with van der Waals surface area (Å²) in [6.45, 7) is 4.25. The number of piperidine rings is 1. The lowest BCUT2D eigenvalue weighted by Gasteiger charge is -2.30. The van der Waals surface area contributed by atoms with Gasteiger partial charge in [0.05, 0.1) is 4.90 Å². The van der Waals surface area contributed by atoms with Crippen LogP contribution in [0.4, 0.5) is 18.9 Å². The van der Waals surface area contributed by atoms with Gasteiger partial charge >= 0.3 is 6.36 Å². The Morgan fingerprint density at radius 3 is 2.38 bits per heavy atom. The molecule has 1 aliphatic rings. The summed E-state index contributed by atoms with van der Waals surface area (Å²) < 4.78 is 68.1. The fourth-order valence-corrected chi connectivity index (χ4v) is 5.19. The Balaban J connectivity index is 1.65. The van der Waals surface area contributed by atoms with E-state index in [1.807, 2.05) is 38.1 Å². The number of rotatable bonds is 6. The largest absolute Gasteiger partial charge is 0.573 e. The van der Waals surface area contributed by atoms with Gasteiger partial charge in [-0.2, -0.15) is 4.31 Å². The van der Waals surface area contributed by atoms with Crippen LogP contribution in [-0.2, 0) is 14.8 Å². The minimum absolute atomic E-state index is 0.0939. The number of hydrogen-bond acceptors (Lipinski definition) is 4. The second-order valence-electron chi connectivity index (χ2n) is 7.93. The molecule has 174 valence electrons. The summed E-state index contributed by atoms with van der Waals surface area (Å²) in [6, 6.07) is 11.8. The lowest BCUT2D eigenvalue weighted by atomic mass is 9.96. The van der Waals surface area contributed by atoms with Gasteiger partial charge in [0.2, 0.25) is 15.9 Å². The van der Waals surface area contributed by atoms with E-state index in [1.54, 1.807) is 0 Å². The molecule has 0 aliphatic carbocycles. The van der Waals surface area contributed by atoms with Crippen molar-refractivity contribution < 1.29 is 31.1 Å². The molecule has 0 saturated carbocycles. The Kier molecular flexibility index (Phi) is 7.14. The molecule has 1 aliphatic heterocycles. The van der Waals surface area contributed by atoms with Gasteiger partial charge in [0, 0.05) is 30.8 Å². The summed E-state index contributed by atoms with van der Waals surface area (Å²) >= 11 is 0. The topological polar surface area (TPSA) is 75.7 Å². The highest BCUT2D eigenvalue weighted by molar-refractivity contribution is 7.89. The number of nitrogens with one attached hydrogen (secondary N) is 1. The molecular formula is C22H25F3N2O4S. The Bertz CT molecular complexity index is 1060. The first-order valence-electron chi connectivity index (χ1n) is 10.2. The molecular weight excluding hydrogens is 445 g/mol. The number of alkyl halides is 3. The number of hydrogen-bond donors (Lipinski definition) is 1. The van der Waals surface area contributed by atoms with E-state index in [9.17, 15) is 26.4 Å². The van der Waals surface area contributed by atoms with Gasteiger partial charge in [-0.05, 0) is 42.5 Å². The van der Waals surface area contributed by atoms with E-state index >= 15 is 0 Å². The molecule has 2 aromatic rings. The molecule has 0 atom stereocenters. The van der Waals surface area contributed by atoms with Crippen LogP contribution >= 0.6 is 0 Å². The predicted octanol–water partition coefficient (Wildman–Crippen LogP) is 4.75. The summed E-state index contributed by atoms with van der Waals surface area (Å²) in [4.78, 5) is 12.5. The molecule has 1 fully saturated rings. The molecule has 0 aromatic heterocycles. The van der Waals surface area contributed by atoms with Gasteiger partial charge in [0.1, 0.15) is 5.75 Å². The van der Waals surface area contributed by atoms with Crippen molar-refractivity contribution in [2.24, 2.45) is 5.92 Å². The third-order valence-electron chi connectivity index (χ3n) is 5.34. The third kappa shape index (κ3) is 5.80. The number of anilines is 1. The quantitative estimate of drug-likeness (QED) is 0.661. The first kappa shape index (κ1) is 24.1. The van der Waals surface area contributed by atoms with Crippen molar-refractivity contribution in [2.75, 3.05) is 18.4 Å². The standard InChI is InChI=1S/C22H25F3N2O4S/c1-15(2)19-8-3-4-9-20(19)26-21(28)16-10-12-27(13-11-16)32(29,30)18-7-5-6-17(14-18)31-22(23,24)25/h3-9,14-16H,10-13H2,1-2H3,(H,26,28). The zero-order valence-electron chi connectivity index (χ0n) is 17.7. The number of sulfonamides is 1. The van der Waals surface area contributed by atoms with Crippen LogP contribution in [0.1, 0.15) is 38.2 Å². The van der Waals surface area contributed by atoms with Crippen LogP contribution in [0, 0.1) is 5.92 Å². The summed E-state index contributed by atoms with van der Waals surface area (Å²) in [5.74, 6) is -0.899. The molecule has 32 heavy (non-hydrogen) atoms. The molecule has 0 bridgehead atoms. The number of carbonyl (C=O) groups is 1. The summed E-state index contributed by atoms with van der Waals surface area (Å²) in [5.41, 5.74) is 1.76. The maximum atomic E-state index is 12.9. The molecule has 6 nitrogen and oxygen atoms in total. The molecule has 1 heterocycles. The molecule has 1 saturated heterocycles. The second-order valence-corrected chi connectivity index (χ2v) is 9.87. The number of benzene rings is 2. The molecule has 0 spiro atoms. The highest BCUT2D eigenvalue weighted by Crippen LogP contribution is 2.30. The minimum atomic E-state index is -4.91. The van der Waals surface area contributed by atoms with Crippen molar-refractivity contribution in [2.45, 2.75) is 43.9 Å². The van der Waals surface area contributed by atoms with Gasteiger partial charge in [-0.3, -0.25) is 4.79 Å². The van der Waals surface area contributed by atoms with E-state index in [0.717, 1.165) is 23.4 Å². The lowest BCUT2D eigenvalue weighted by Crippen LogP contribution is -2.41. The van der Waals surface area contributed by atoms with E-state index in [-0.39, 0.29) is 35.7 Å². The zero-order chi connectivity index (χ0) is 23.5. The fraction of sp³-hybridized carbons (Fsp3) is 0.409. The summed E-state index contributed by atoms with van der Waals surface area (Å²) in [7, 11) is -4.01. The monoisotopic (exact) mass is 470 g/mol. The minimum Gasteiger partial charge on any atom is -0.406 e. The van der Waals surface area contributed by atoms with Crippen molar-refractivity contribution in [3.05, 3.63) is 54.1 Å². The fourth-order valence-electron chi connectivity index (χ4n) is 3.69. The number of ether oxygens (including phenoxy) is 1. The van der Waals surface area contributed by atoms with E-state index in [0.29, 0.717) is 12.8 Å². The Morgan fingerprint density at radius 2 is 1.75 bits per heavy atom. The van der Waals surface area contributed by atoms with Crippen LogP contribution in [0.15, 0.2) is 53.4 Å². The van der Waals surface area contributed by atoms with Crippen LogP contribution in [0.5, 0.6) is 5.75 Å². The van der Waals surface area contributed by atoms with Crippen molar-refractivity contribution >= 4 is 21.6 Å². The average molecular weight is 471 g/mol.